The second-order valence-electron chi connectivity index (χ2n) is 4.42. The summed E-state index contributed by atoms with van der Waals surface area (Å²) >= 11 is 3.31. The lowest BCUT2D eigenvalue weighted by molar-refractivity contribution is 0.201. The van der Waals surface area contributed by atoms with Gasteiger partial charge in [-0.2, -0.15) is 0 Å². The Labute approximate surface area is 104 Å². The van der Waals surface area contributed by atoms with E-state index in [1.807, 2.05) is 6.07 Å². The third-order valence-corrected chi connectivity index (χ3v) is 3.33. The van der Waals surface area contributed by atoms with E-state index in [4.69, 9.17) is 5.73 Å². The molecule has 0 saturated carbocycles. The van der Waals surface area contributed by atoms with Gasteiger partial charge in [0.1, 0.15) is 5.82 Å². The monoisotopic (exact) mass is 286 g/mol. The van der Waals surface area contributed by atoms with Crippen LogP contribution in [0.5, 0.6) is 0 Å². The molecule has 4 heteroatoms. The SMILES string of the molecule is NC1CCCN(Cc2cc(F)cc(Br)c2)C1. The highest BCUT2D eigenvalue weighted by Crippen LogP contribution is 2.18. The van der Waals surface area contributed by atoms with Gasteiger partial charge in [-0.05, 0) is 43.1 Å². The van der Waals surface area contributed by atoms with E-state index in [2.05, 4.69) is 20.8 Å². The Balaban J connectivity index is 2.02. The van der Waals surface area contributed by atoms with Crippen molar-refractivity contribution in [3.05, 3.63) is 34.1 Å². The van der Waals surface area contributed by atoms with Gasteiger partial charge in [0.2, 0.25) is 0 Å². The van der Waals surface area contributed by atoms with Crippen molar-refractivity contribution in [1.82, 2.24) is 4.90 Å². The Kier molecular flexibility index (Phi) is 3.95. The second kappa shape index (κ2) is 5.25. The minimum atomic E-state index is -0.189. The number of benzene rings is 1. The number of nitrogens with two attached hydrogens (primary N) is 1. The van der Waals surface area contributed by atoms with Gasteiger partial charge in [0.25, 0.3) is 0 Å². The molecule has 0 bridgehead atoms. The zero-order chi connectivity index (χ0) is 11.5. The van der Waals surface area contributed by atoms with Crippen LogP contribution in [0.3, 0.4) is 0 Å². The first kappa shape index (κ1) is 12.0. The molecule has 88 valence electrons. The van der Waals surface area contributed by atoms with Crippen molar-refractivity contribution in [3.8, 4) is 0 Å². The molecule has 1 aromatic carbocycles. The molecule has 1 unspecified atom stereocenters. The number of rotatable bonds is 2. The molecule has 1 aromatic rings. The maximum Gasteiger partial charge on any atom is 0.124 e. The summed E-state index contributed by atoms with van der Waals surface area (Å²) in [5, 5.41) is 0. The first-order valence-electron chi connectivity index (χ1n) is 5.56. The molecule has 0 aromatic heterocycles. The molecule has 1 atom stereocenters. The summed E-state index contributed by atoms with van der Waals surface area (Å²) < 4.78 is 14.0. The summed E-state index contributed by atoms with van der Waals surface area (Å²) in [6, 6.07) is 5.30. The van der Waals surface area contributed by atoms with Crippen molar-refractivity contribution < 1.29 is 4.39 Å². The third kappa shape index (κ3) is 3.27. The zero-order valence-electron chi connectivity index (χ0n) is 9.13. The highest BCUT2D eigenvalue weighted by atomic mass is 79.9. The van der Waals surface area contributed by atoms with E-state index in [9.17, 15) is 4.39 Å². The van der Waals surface area contributed by atoms with Crippen LogP contribution in [0.2, 0.25) is 0 Å². The van der Waals surface area contributed by atoms with Gasteiger partial charge in [0.05, 0.1) is 0 Å². The van der Waals surface area contributed by atoms with Crippen LogP contribution in [-0.2, 0) is 6.54 Å². The molecule has 1 aliphatic rings. The Morgan fingerprint density at radius 3 is 2.94 bits per heavy atom. The first-order valence-corrected chi connectivity index (χ1v) is 6.36. The highest BCUT2D eigenvalue weighted by molar-refractivity contribution is 9.10. The van der Waals surface area contributed by atoms with Crippen LogP contribution in [0.4, 0.5) is 4.39 Å². The minimum absolute atomic E-state index is 0.189. The molecule has 2 nitrogen and oxygen atoms in total. The Bertz CT molecular complexity index is 350. The van der Waals surface area contributed by atoms with Crippen molar-refractivity contribution in [2.24, 2.45) is 5.73 Å². The van der Waals surface area contributed by atoms with E-state index in [0.717, 1.165) is 42.5 Å². The Hall–Kier alpha value is -0.450. The van der Waals surface area contributed by atoms with Gasteiger partial charge < -0.3 is 5.73 Å². The van der Waals surface area contributed by atoms with Crippen molar-refractivity contribution in [3.63, 3.8) is 0 Å². The number of nitrogens with zero attached hydrogens (tertiary/aromatic N) is 1. The molecule has 1 saturated heterocycles. The summed E-state index contributed by atoms with van der Waals surface area (Å²) in [4.78, 5) is 2.29. The van der Waals surface area contributed by atoms with Gasteiger partial charge in [0.15, 0.2) is 0 Å². The summed E-state index contributed by atoms with van der Waals surface area (Å²) in [5.74, 6) is -0.189. The van der Waals surface area contributed by atoms with Crippen molar-refractivity contribution in [1.29, 1.82) is 0 Å². The summed E-state index contributed by atoms with van der Waals surface area (Å²) in [5.41, 5.74) is 6.91. The van der Waals surface area contributed by atoms with Gasteiger partial charge in [0, 0.05) is 23.6 Å². The minimum Gasteiger partial charge on any atom is -0.327 e. The lowest BCUT2D eigenvalue weighted by Crippen LogP contribution is -2.42. The molecule has 1 fully saturated rings. The van der Waals surface area contributed by atoms with Crippen LogP contribution >= 0.6 is 15.9 Å². The molecule has 16 heavy (non-hydrogen) atoms. The molecule has 2 N–H and O–H groups in total. The van der Waals surface area contributed by atoms with Gasteiger partial charge in [-0.15, -0.1) is 0 Å². The number of piperidine rings is 1. The predicted molar refractivity (Wildman–Crippen MR) is 66.6 cm³/mol. The molecule has 0 spiro atoms. The summed E-state index contributed by atoms with van der Waals surface area (Å²) in [6.07, 6.45) is 2.24. The molecule has 0 radical (unpaired) electrons. The maximum atomic E-state index is 13.2. The Morgan fingerprint density at radius 1 is 1.44 bits per heavy atom. The van der Waals surface area contributed by atoms with E-state index in [1.165, 1.54) is 6.07 Å². The fourth-order valence-electron chi connectivity index (χ4n) is 2.20. The number of likely N-dealkylation sites (tertiary alicyclic amines) is 1. The Morgan fingerprint density at radius 2 is 2.25 bits per heavy atom. The van der Waals surface area contributed by atoms with E-state index >= 15 is 0 Å². The lowest BCUT2D eigenvalue weighted by atomic mass is 10.1. The van der Waals surface area contributed by atoms with E-state index in [-0.39, 0.29) is 11.9 Å². The van der Waals surface area contributed by atoms with Crippen LogP contribution < -0.4 is 5.73 Å². The van der Waals surface area contributed by atoms with Crippen molar-refractivity contribution in [2.45, 2.75) is 25.4 Å². The average molecular weight is 287 g/mol. The van der Waals surface area contributed by atoms with Crippen LogP contribution in [0, 0.1) is 5.82 Å². The van der Waals surface area contributed by atoms with E-state index in [0.29, 0.717) is 0 Å². The molecule has 0 aliphatic carbocycles. The fourth-order valence-corrected chi connectivity index (χ4v) is 2.71. The fraction of sp³-hybridized carbons (Fsp3) is 0.500. The summed E-state index contributed by atoms with van der Waals surface area (Å²) in [6.45, 7) is 2.75. The third-order valence-electron chi connectivity index (χ3n) is 2.87. The van der Waals surface area contributed by atoms with Gasteiger partial charge in [-0.1, -0.05) is 15.9 Å². The zero-order valence-corrected chi connectivity index (χ0v) is 10.7. The number of hydrogen-bond acceptors (Lipinski definition) is 2. The van der Waals surface area contributed by atoms with Crippen LogP contribution in [0.25, 0.3) is 0 Å². The normalized spacial score (nSPS) is 22.3. The molecular weight excluding hydrogens is 271 g/mol. The molecule has 0 amide bonds. The average Bonchev–Trinajstić information content (AvgIpc) is 2.15. The molecular formula is C12H16BrFN2. The number of hydrogen-bond donors (Lipinski definition) is 1. The predicted octanol–water partition coefficient (Wildman–Crippen LogP) is 2.51. The first-order chi connectivity index (χ1) is 7.63. The van der Waals surface area contributed by atoms with Crippen molar-refractivity contribution in [2.75, 3.05) is 13.1 Å². The van der Waals surface area contributed by atoms with Crippen molar-refractivity contribution >= 4 is 15.9 Å². The lowest BCUT2D eigenvalue weighted by Gasteiger charge is -2.30. The molecule has 2 rings (SSSR count). The van der Waals surface area contributed by atoms with Gasteiger partial charge in [-0.25, -0.2) is 4.39 Å². The summed E-state index contributed by atoms with van der Waals surface area (Å²) in [7, 11) is 0. The van der Waals surface area contributed by atoms with E-state index in [1.54, 1.807) is 6.07 Å². The maximum absolute atomic E-state index is 13.2. The van der Waals surface area contributed by atoms with Gasteiger partial charge in [-0.3, -0.25) is 4.90 Å². The topological polar surface area (TPSA) is 29.3 Å². The number of halogens is 2. The van der Waals surface area contributed by atoms with Crippen LogP contribution in [-0.4, -0.2) is 24.0 Å². The van der Waals surface area contributed by atoms with E-state index < -0.39 is 0 Å². The largest absolute Gasteiger partial charge is 0.327 e. The quantitative estimate of drug-likeness (QED) is 0.905. The second-order valence-corrected chi connectivity index (χ2v) is 5.33. The smallest absolute Gasteiger partial charge is 0.124 e. The van der Waals surface area contributed by atoms with Crippen LogP contribution in [0.15, 0.2) is 22.7 Å². The molecule has 1 aliphatic heterocycles. The van der Waals surface area contributed by atoms with Gasteiger partial charge >= 0.3 is 0 Å². The highest BCUT2D eigenvalue weighted by Gasteiger charge is 2.16. The standard InChI is InChI=1S/C12H16BrFN2/c13-10-4-9(5-11(14)6-10)7-16-3-1-2-12(15)8-16/h4-6,12H,1-3,7-8,15H2. The molecule has 1 heterocycles. The van der Waals surface area contributed by atoms with Crippen LogP contribution in [0.1, 0.15) is 18.4 Å².